The molecular weight excluding hydrogens is 278 g/mol. The van der Waals surface area contributed by atoms with Gasteiger partial charge in [-0.05, 0) is 36.4 Å². The first-order chi connectivity index (χ1) is 9.95. The molecular formula is C14H12F2N4O. The molecule has 2 rings (SSSR count). The smallest absolute Gasteiger partial charge is 0.323 e. The second kappa shape index (κ2) is 6.00. The van der Waals surface area contributed by atoms with Gasteiger partial charge in [0.2, 0.25) is 0 Å². The first kappa shape index (κ1) is 14.4. The van der Waals surface area contributed by atoms with Crippen LogP contribution in [-0.2, 0) is 0 Å². The van der Waals surface area contributed by atoms with Crippen molar-refractivity contribution in [2.75, 3.05) is 10.6 Å². The number of amidine groups is 1. The number of halogens is 2. The zero-order valence-electron chi connectivity index (χ0n) is 10.8. The normalized spacial score (nSPS) is 10.0. The summed E-state index contributed by atoms with van der Waals surface area (Å²) >= 11 is 0. The van der Waals surface area contributed by atoms with E-state index in [1.807, 2.05) is 0 Å². The monoisotopic (exact) mass is 290 g/mol. The molecule has 7 heteroatoms. The Morgan fingerprint density at radius 3 is 2.29 bits per heavy atom. The van der Waals surface area contributed by atoms with Crippen LogP contribution in [0, 0.1) is 17.0 Å². The summed E-state index contributed by atoms with van der Waals surface area (Å²) in [6.45, 7) is 0. The second-order valence-electron chi connectivity index (χ2n) is 4.19. The highest BCUT2D eigenvalue weighted by atomic mass is 19.1. The maximum atomic E-state index is 13.4. The van der Waals surface area contributed by atoms with Gasteiger partial charge in [-0.1, -0.05) is 0 Å². The lowest BCUT2D eigenvalue weighted by molar-refractivity contribution is 0.262. The molecule has 0 aliphatic carbocycles. The highest BCUT2D eigenvalue weighted by molar-refractivity contribution is 6.00. The lowest BCUT2D eigenvalue weighted by Crippen LogP contribution is -2.20. The predicted molar refractivity (Wildman–Crippen MR) is 76.5 cm³/mol. The zero-order valence-corrected chi connectivity index (χ0v) is 10.8. The number of nitrogens with one attached hydrogen (secondary N) is 3. The summed E-state index contributed by atoms with van der Waals surface area (Å²) in [6, 6.07) is 8.42. The van der Waals surface area contributed by atoms with Crippen molar-refractivity contribution >= 4 is 23.2 Å². The molecule has 0 unspecified atom stereocenters. The van der Waals surface area contributed by atoms with Gasteiger partial charge in [0.25, 0.3) is 0 Å². The van der Waals surface area contributed by atoms with Crippen LogP contribution in [0.3, 0.4) is 0 Å². The third kappa shape index (κ3) is 3.75. The van der Waals surface area contributed by atoms with Crippen LogP contribution in [0.15, 0.2) is 42.5 Å². The number of urea groups is 1. The molecule has 0 atom stereocenters. The van der Waals surface area contributed by atoms with E-state index in [1.165, 1.54) is 0 Å². The van der Waals surface area contributed by atoms with E-state index in [1.54, 1.807) is 24.3 Å². The molecule has 2 amide bonds. The van der Waals surface area contributed by atoms with Gasteiger partial charge >= 0.3 is 6.03 Å². The van der Waals surface area contributed by atoms with E-state index in [4.69, 9.17) is 11.1 Å². The molecule has 0 bridgehead atoms. The number of nitrogen functional groups attached to an aromatic ring is 1. The first-order valence-corrected chi connectivity index (χ1v) is 5.93. The first-order valence-electron chi connectivity index (χ1n) is 5.93. The number of anilines is 2. The van der Waals surface area contributed by atoms with Crippen LogP contribution in [0.1, 0.15) is 5.56 Å². The van der Waals surface area contributed by atoms with Crippen LogP contribution in [0.25, 0.3) is 0 Å². The van der Waals surface area contributed by atoms with E-state index in [-0.39, 0.29) is 11.5 Å². The maximum absolute atomic E-state index is 13.4. The summed E-state index contributed by atoms with van der Waals surface area (Å²) in [5.41, 5.74) is 6.14. The predicted octanol–water partition coefficient (Wildman–Crippen LogP) is 2.89. The Balaban J connectivity index is 2.02. The molecule has 2 aromatic rings. The Morgan fingerprint density at radius 1 is 1.05 bits per heavy atom. The lowest BCUT2D eigenvalue weighted by atomic mass is 10.2. The minimum atomic E-state index is -0.864. The number of hydrogen-bond acceptors (Lipinski definition) is 2. The summed E-state index contributed by atoms with van der Waals surface area (Å²) in [5, 5.41) is 12.0. The molecule has 0 spiro atoms. The molecule has 108 valence electrons. The van der Waals surface area contributed by atoms with Crippen LogP contribution in [0.5, 0.6) is 0 Å². The summed E-state index contributed by atoms with van der Waals surface area (Å²) in [4.78, 5) is 11.7. The topological polar surface area (TPSA) is 91.0 Å². The highest BCUT2D eigenvalue weighted by Crippen LogP contribution is 2.16. The lowest BCUT2D eigenvalue weighted by Gasteiger charge is -2.09. The van der Waals surface area contributed by atoms with Crippen molar-refractivity contribution in [2.24, 2.45) is 5.73 Å². The minimum absolute atomic E-state index is 0.0839. The van der Waals surface area contributed by atoms with Crippen molar-refractivity contribution < 1.29 is 13.6 Å². The molecule has 21 heavy (non-hydrogen) atoms. The third-order valence-corrected chi connectivity index (χ3v) is 2.63. The SMILES string of the molecule is N=C(N)c1ccc(NC(=O)Nc2ccc(F)cc2F)cc1. The largest absolute Gasteiger partial charge is 0.384 e. The number of carbonyl (C=O) groups is 1. The fourth-order valence-electron chi connectivity index (χ4n) is 1.61. The minimum Gasteiger partial charge on any atom is -0.384 e. The Hall–Kier alpha value is -2.96. The summed E-state index contributed by atoms with van der Waals surface area (Å²) < 4.78 is 26.1. The van der Waals surface area contributed by atoms with Crippen molar-refractivity contribution in [2.45, 2.75) is 0 Å². The van der Waals surface area contributed by atoms with E-state index < -0.39 is 17.7 Å². The van der Waals surface area contributed by atoms with Crippen molar-refractivity contribution in [1.29, 1.82) is 5.41 Å². The van der Waals surface area contributed by atoms with Crippen LogP contribution >= 0.6 is 0 Å². The van der Waals surface area contributed by atoms with E-state index in [2.05, 4.69) is 10.6 Å². The Morgan fingerprint density at radius 2 is 1.71 bits per heavy atom. The van der Waals surface area contributed by atoms with Crippen LogP contribution in [0.4, 0.5) is 25.0 Å². The summed E-state index contributed by atoms with van der Waals surface area (Å²) in [6.07, 6.45) is 0. The van der Waals surface area contributed by atoms with Crippen LogP contribution in [0.2, 0.25) is 0 Å². The molecule has 0 heterocycles. The number of nitrogens with two attached hydrogens (primary N) is 1. The second-order valence-corrected chi connectivity index (χ2v) is 4.19. The Bertz CT molecular complexity index is 686. The van der Waals surface area contributed by atoms with Crippen molar-refractivity contribution in [1.82, 2.24) is 0 Å². The van der Waals surface area contributed by atoms with Gasteiger partial charge in [0.1, 0.15) is 17.5 Å². The molecule has 0 aromatic heterocycles. The molecule has 0 aliphatic heterocycles. The number of carbonyl (C=O) groups excluding carboxylic acids is 1. The van der Waals surface area contributed by atoms with E-state index in [0.29, 0.717) is 17.3 Å². The number of amides is 2. The molecule has 0 aliphatic rings. The van der Waals surface area contributed by atoms with E-state index in [9.17, 15) is 13.6 Å². The van der Waals surface area contributed by atoms with Crippen molar-refractivity contribution in [3.63, 3.8) is 0 Å². The average Bonchev–Trinajstić information content (AvgIpc) is 2.42. The van der Waals surface area contributed by atoms with Gasteiger partial charge in [-0.15, -0.1) is 0 Å². The molecule has 2 aromatic carbocycles. The molecule has 0 saturated heterocycles. The van der Waals surface area contributed by atoms with Gasteiger partial charge in [0.05, 0.1) is 5.69 Å². The summed E-state index contributed by atoms with van der Waals surface area (Å²) in [7, 11) is 0. The molecule has 0 saturated carbocycles. The highest BCUT2D eigenvalue weighted by Gasteiger charge is 2.08. The average molecular weight is 290 g/mol. The van der Waals surface area contributed by atoms with Gasteiger partial charge in [-0.3, -0.25) is 5.41 Å². The Labute approximate surface area is 119 Å². The van der Waals surface area contributed by atoms with Gasteiger partial charge in [0.15, 0.2) is 0 Å². The van der Waals surface area contributed by atoms with Crippen LogP contribution < -0.4 is 16.4 Å². The van der Waals surface area contributed by atoms with Crippen molar-refractivity contribution in [3.8, 4) is 0 Å². The van der Waals surface area contributed by atoms with E-state index >= 15 is 0 Å². The van der Waals surface area contributed by atoms with Gasteiger partial charge in [0, 0.05) is 17.3 Å². The fraction of sp³-hybridized carbons (Fsp3) is 0. The van der Waals surface area contributed by atoms with Gasteiger partial charge in [-0.2, -0.15) is 0 Å². The fourth-order valence-corrected chi connectivity index (χ4v) is 1.61. The summed E-state index contributed by atoms with van der Waals surface area (Å²) in [5.74, 6) is -1.67. The van der Waals surface area contributed by atoms with Gasteiger partial charge in [-0.25, -0.2) is 13.6 Å². The zero-order chi connectivity index (χ0) is 15.4. The van der Waals surface area contributed by atoms with E-state index in [0.717, 1.165) is 12.1 Å². The molecule has 0 fully saturated rings. The standard InChI is InChI=1S/C14H12F2N4O/c15-9-3-6-12(11(16)7-9)20-14(21)19-10-4-1-8(2-5-10)13(17)18/h1-7H,(H3,17,18)(H2,19,20,21). The number of hydrogen-bond donors (Lipinski definition) is 4. The van der Waals surface area contributed by atoms with Crippen LogP contribution in [-0.4, -0.2) is 11.9 Å². The van der Waals surface area contributed by atoms with Gasteiger partial charge < -0.3 is 16.4 Å². The number of benzene rings is 2. The quantitative estimate of drug-likeness (QED) is 0.517. The number of rotatable bonds is 3. The maximum Gasteiger partial charge on any atom is 0.323 e. The third-order valence-electron chi connectivity index (χ3n) is 2.63. The molecule has 0 radical (unpaired) electrons. The molecule has 5 nitrogen and oxygen atoms in total. The Kier molecular flexibility index (Phi) is 4.13. The van der Waals surface area contributed by atoms with Crippen molar-refractivity contribution in [3.05, 3.63) is 59.7 Å². The molecule has 5 N–H and O–H groups in total.